The number of hydrogen-bond donors (Lipinski definition) is 1. The number of fused-ring (bicyclic) bond motifs is 1. The lowest BCUT2D eigenvalue weighted by Crippen LogP contribution is -2.00. The monoisotopic (exact) mass is 236 g/mol. The second-order valence-electron chi connectivity index (χ2n) is 2.62. The summed E-state index contributed by atoms with van der Waals surface area (Å²) in [4.78, 5) is 12.6. The molecule has 0 unspecified atom stereocenters. The van der Waals surface area contributed by atoms with Gasteiger partial charge in [-0.3, -0.25) is 0 Å². The van der Waals surface area contributed by atoms with Crippen molar-refractivity contribution in [3.63, 3.8) is 0 Å². The van der Waals surface area contributed by atoms with E-state index in [1.165, 1.54) is 6.33 Å². The predicted molar refractivity (Wildman–Crippen MR) is 64.3 cm³/mol. The number of nitrogens with one attached hydrogen (secondary N) is 1. The molecule has 0 spiro atoms. The quantitative estimate of drug-likeness (QED) is 0.651. The average molecular weight is 236 g/mol. The normalized spacial score (nSPS) is 10.1. The maximum atomic E-state index is 5.18. The molecule has 0 aromatic carbocycles. The van der Waals surface area contributed by atoms with Gasteiger partial charge in [0.2, 0.25) is 0 Å². The molecule has 0 aliphatic heterocycles. The highest BCUT2D eigenvalue weighted by atomic mass is 32.2. The van der Waals surface area contributed by atoms with E-state index < -0.39 is 0 Å². The van der Waals surface area contributed by atoms with E-state index in [1.807, 2.05) is 6.26 Å². The molecule has 2 heterocycles. The molecule has 0 fully saturated rings. The Hall–Kier alpha value is -1.32. The number of terminal acetylenes is 1. The SMILES string of the molecule is C#CCNc1ncnc2nc(SC)sc12. The molecule has 0 aliphatic carbocycles. The van der Waals surface area contributed by atoms with Gasteiger partial charge in [-0.15, -0.1) is 17.8 Å². The van der Waals surface area contributed by atoms with Crippen molar-refractivity contribution >= 4 is 39.3 Å². The molecule has 76 valence electrons. The van der Waals surface area contributed by atoms with Crippen LogP contribution in [0.25, 0.3) is 10.3 Å². The first-order chi connectivity index (χ1) is 7.35. The molecular formula is C9H8N4S2. The number of thiazole rings is 1. The van der Waals surface area contributed by atoms with Crippen LogP contribution in [-0.4, -0.2) is 27.8 Å². The van der Waals surface area contributed by atoms with Crippen LogP contribution < -0.4 is 5.32 Å². The van der Waals surface area contributed by atoms with Gasteiger partial charge >= 0.3 is 0 Å². The van der Waals surface area contributed by atoms with Crippen LogP contribution in [0.3, 0.4) is 0 Å². The van der Waals surface area contributed by atoms with Crippen LogP contribution in [0.1, 0.15) is 0 Å². The van der Waals surface area contributed by atoms with Gasteiger partial charge in [-0.1, -0.05) is 17.7 Å². The van der Waals surface area contributed by atoms with E-state index in [4.69, 9.17) is 6.42 Å². The smallest absolute Gasteiger partial charge is 0.176 e. The number of anilines is 1. The van der Waals surface area contributed by atoms with E-state index in [2.05, 4.69) is 26.2 Å². The Bertz CT molecular complexity index is 514. The predicted octanol–water partition coefficient (Wildman–Crippen LogP) is 1.85. The Morgan fingerprint density at radius 1 is 1.60 bits per heavy atom. The highest BCUT2D eigenvalue weighted by Crippen LogP contribution is 2.30. The molecule has 0 saturated carbocycles. The van der Waals surface area contributed by atoms with E-state index in [-0.39, 0.29) is 0 Å². The van der Waals surface area contributed by atoms with Gasteiger partial charge in [0.05, 0.1) is 6.54 Å². The van der Waals surface area contributed by atoms with Gasteiger partial charge in [-0.25, -0.2) is 15.0 Å². The fraction of sp³-hybridized carbons (Fsp3) is 0.222. The average Bonchev–Trinajstić information content (AvgIpc) is 2.69. The van der Waals surface area contributed by atoms with Crippen molar-refractivity contribution in [1.82, 2.24) is 15.0 Å². The van der Waals surface area contributed by atoms with Gasteiger partial charge in [0.15, 0.2) is 9.99 Å². The molecule has 0 atom stereocenters. The van der Waals surface area contributed by atoms with Crippen LogP contribution in [0.15, 0.2) is 10.7 Å². The third kappa shape index (κ3) is 2.03. The third-order valence-electron chi connectivity index (χ3n) is 1.70. The molecule has 2 aromatic heterocycles. The zero-order chi connectivity index (χ0) is 10.7. The summed E-state index contributed by atoms with van der Waals surface area (Å²) < 4.78 is 1.94. The summed E-state index contributed by atoms with van der Waals surface area (Å²) >= 11 is 3.17. The molecule has 0 saturated heterocycles. The van der Waals surface area contributed by atoms with Crippen molar-refractivity contribution in [3.05, 3.63) is 6.33 Å². The topological polar surface area (TPSA) is 50.7 Å². The van der Waals surface area contributed by atoms with Gasteiger partial charge in [0, 0.05) is 0 Å². The summed E-state index contributed by atoms with van der Waals surface area (Å²) in [5.41, 5.74) is 0.721. The number of thioether (sulfide) groups is 1. The van der Waals surface area contributed by atoms with E-state index in [0.29, 0.717) is 6.54 Å². The molecule has 0 aliphatic rings. The minimum atomic E-state index is 0.457. The van der Waals surface area contributed by atoms with Gasteiger partial charge in [-0.05, 0) is 6.26 Å². The second kappa shape index (κ2) is 4.47. The lowest BCUT2D eigenvalue weighted by molar-refractivity contribution is 1.16. The lowest BCUT2D eigenvalue weighted by atomic mass is 10.5. The largest absolute Gasteiger partial charge is 0.358 e. The molecule has 2 aromatic rings. The highest BCUT2D eigenvalue weighted by molar-refractivity contribution is 8.00. The molecule has 0 amide bonds. The first kappa shape index (κ1) is 10.2. The first-order valence-corrected chi connectivity index (χ1v) is 6.22. The summed E-state index contributed by atoms with van der Waals surface area (Å²) in [7, 11) is 0. The first-order valence-electron chi connectivity index (χ1n) is 4.18. The van der Waals surface area contributed by atoms with Crippen LogP contribution in [0, 0.1) is 12.3 Å². The zero-order valence-electron chi connectivity index (χ0n) is 8.02. The van der Waals surface area contributed by atoms with Crippen molar-refractivity contribution in [2.24, 2.45) is 0 Å². The minimum Gasteiger partial charge on any atom is -0.358 e. The number of aromatic nitrogens is 3. The second-order valence-corrected chi connectivity index (χ2v) is 4.67. The molecule has 15 heavy (non-hydrogen) atoms. The maximum Gasteiger partial charge on any atom is 0.176 e. The molecule has 1 N–H and O–H groups in total. The Morgan fingerprint density at radius 3 is 3.20 bits per heavy atom. The fourth-order valence-corrected chi connectivity index (χ4v) is 2.56. The van der Waals surface area contributed by atoms with Crippen molar-refractivity contribution < 1.29 is 0 Å². The Labute approximate surface area is 95.5 Å². The van der Waals surface area contributed by atoms with E-state index in [0.717, 1.165) is 20.5 Å². The number of rotatable bonds is 3. The van der Waals surface area contributed by atoms with Gasteiger partial charge in [0.25, 0.3) is 0 Å². The standard InChI is InChI=1S/C9H8N4S2/c1-3-4-10-7-6-8(12-5-11-7)13-9(14-2)15-6/h1,5H,4H2,2H3,(H,10,11,12). The molecule has 2 rings (SSSR count). The highest BCUT2D eigenvalue weighted by Gasteiger charge is 2.08. The maximum absolute atomic E-state index is 5.18. The molecule has 0 radical (unpaired) electrons. The summed E-state index contributed by atoms with van der Waals surface area (Å²) in [6, 6.07) is 0. The van der Waals surface area contributed by atoms with Crippen LogP contribution in [0.2, 0.25) is 0 Å². The Kier molecular flexibility index (Phi) is 3.04. The summed E-state index contributed by atoms with van der Waals surface area (Å²) in [6.07, 6.45) is 8.66. The third-order valence-corrected chi connectivity index (χ3v) is 3.74. The van der Waals surface area contributed by atoms with E-state index >= 15 is 0 Å². The Morgan fingerprint density at radius 2 is 2.47 bits per heavy atom. The number of hydrogen-bond acceptors (Lipinski definition) is 6. The van der Waals surface area contributed by atoms with Crippen LogP contribution >= 0.6 is 23.1 Å². The van der Waals surface area contributed by atoms with Crippen LogP contribution in [0.4, 0.5) is 5.82 Å². The molecule has 0 bridgehead atoms. The van der Waals surface area contributed by atoms with Crippen molar-refractivity contribution in [2.75, 3.05) is 18.1 Å². The summed E-state index contributed by atoms with van der Waals surface area (Å²) in [6.45, 7) is 0.457. The zero-order valence-corrected chi connectivity index (χ0v) is 9.65. The van der Waals surface area contributed by atoms with Crippen molar-refractivity contribution in [2.45, 2.75) is 4.34 Å². The van der Waals surface area contributed by atoms with Gasteiger partial charge in [-0.2, -0.15) is 0 Å². The fourth-order valence-electron chi connectivity index (χ4n) is 1.08. The molecule has 4 nitrogen and oxygen atoms in total. The van der Waals surface area contributed by atoms with Gasteiger partial charge < -0.3 is 5.32 Å². The summed E-state index contributed by atoms with van der Waals surface area (Å²) in [5.74, 6) is 3.27. The van der Waals surface area contributed by atoms with Gasteiger partial charge in [0.1, 0.15) is 16.8 Å². The van der Waals surface area contributed by atoms with Crippen molar-refractivity contribution in [3.8, 4) is 12.3 Å². The van der Waals surface area contributed by atoms with Crippen LogP contribution in [0.5, 0.6) is 0 Å². The van der Waals surface area contributed by atoms with Crippen LogP contribution in [-0.2, 0) is 0 Å². The van der Waals surface area contributed by atoms with E-state index in [1.54, 1.807) is 23.1 Å². The molecule has 6 heteroatoms. The lowest BCUT2D eigenvalue weighted by Gasteiger charge is -1.99. The van der Waals surface area contributed by atoms with E-state index in [9.17, 15) is 0 Å². The summed E-state index contributed by atoms with van der Waals surface area (Å²) in [5, 5.41) is 3.05. The minimum absolute atomic E-state index is 0.457. The number of nitrogens with zero attached hydrogens (tertiary/aromatic N) is 3. The van der Waals surface area contributed by atoms with Crippen molar-refractivity contribution in [1.29, 1.82) is 0 Å². The Balaban J connectivity index is 2.45. The molecular weight excluding hydrogens is 228 g/mol.